The maximum Gasteiger partial charge on any atom is 0.472 e. The number of aliphatic hydroxyl groups excluding tert-OH is 1. The molecule has 70 heavy (non-hydrogen) atoms. The number of quaternary nitrogens is 1. The number of nitrogens with one attached hydrogen (secondary N) is 1. The molecule has 0 aromatic heterocycles. The van der Waals surface area contributed by atoms with Crippen LogP contribution in [-0.2, 0) is 18.4 Å². The predicted molar refractivity (Wildman–Crippen MR) is 304 cm³/mol. The number of unbranched alkanes of at least 4 members (excludes halogenated alkanes) is 39. The van der Waals surface area contributed by atoms with Crippen LogP contribution in [0.2, 0.25) is 0 Å². The van der Waals surface area contributed by atoms with E-state index in [2.05, 4.69) is 43.5 Å². The molecule has 3 N–H and O–H groups in total. The van der Waals surface area contributed by atoms with Crippen LogP contribution >= 0.6 is 7.82 Å². The molecule has 0 fully saturated rings. The minimum Gasteiger partial charge on any atom is -0.387 e. The fraction of sp³-hybridized carbons (Fsp3) is 0.885. The first-order valence-corrected chi connectivity index (χ1v) is 31.9. The third-order valence-corrected chi connectivity index (χ3v) is 14.8. The number of rotatable bonds is 56. The first kappa shape index (κ1) is 68.7. The number of likely N-dealkylation sites (N-methyl/N-ethyl adjacent to an activating group) is 1. The highest BCUT2D eigenvalue weighted by atomic mass is 31.2. The largest absolute Gasteiger partial charge is 0.472 e. The molecule has 0 saturated heterocycles. The fourth-order valence-electron chi connectivity index (χ4n) is 9.08. The molecule has 9 heteroatoms. The van der Waals surface area contributed by atoms with E-state index in [9.17, 15) is 19.4 Å². The molecule has 3 atom stereocenters. The van der Waals surface area contributed by atoms with Crippen molar-refractivity contribution in [1.82, 2.24) is 5.32 Å². The summed E-state index contributed by atoms with van der Waals surface area (Å²) in [5.41, 5.74) is 0. The molecular weight excluding hydrogens is 888 g/mol. The number of phosphoric ester groups is 1. The number of carbonyl (C=O) groups is 1. The Balaban J connectivity index is 4.01. The lowest BCUT2D eigenvalue weighted by molar-refractivity contribution is -0.870. The number of hydrogen-bond donors (Lipinski definition) is 3. The van der Waals surface area contributed by atoms with E-state index in [1.165, 1.54) is 231 Å². The molecule has 0 rings (SSSR count). The lowest BCUT2D eigenvalue weighted by atomic mass is 10.0. The van der Waals surface area contributed by atoms with Gasteiger partial charge in [0.05, 0.1) is 39.9 Å². The number of carbonyl (C=O) groups excluding carboxylic acids is 1. The first-order valence-electron chi connectivity index (χ1n) is 30.4. The molecule has 414 valence electrons. The van der Waals surface area contributed by atoms with Gasteiger partial charge in [0.2, 0.25) is 5.91 Å². The Bertz CT molecular complexity index is 1230. The summed E-state index contributed by atoms with van der Waals surface area (Å²) in [6, 6.07) is -0.844. The van der Waals surface area contributed by atoms with E-state index < -0.39 is 20.0 Å². The van der Waals surface area contributed by atoms with Crippen molar-refractivity contribution in [1.29, 1.82) is 0 Å². The Morgan fingerprint density at radius 2 is 0.814 bits per heavy atom. The lowest BCUT2D eigenvalue weighted by Gasteiger charge is -2.25. The van der Waals surface area contributed by atoms with Crippen LogP contribution in [0.4, 0.5) is 0 Å². The van der Waals surface area contributed by atoms with E-state index in [1.54, 1.807) is 6.08 Å². The van der Waals surface area contributed by atoms with E-state index in [4.69, 9.17) is 9.05 Å². The van der Waals surface area contributed by atoms with Gasteiger partial charge in [-0.3, -0.25) is 13.8 Å². The standard InChI is InChI=1S/C61H119N2O6P/c1-6-8-10-12-14-16-18-20-22-23-24-25-26-27-28-29-30-31-32-33-34-35-36-37-38-39-41-43-45-47-49-51-53-55-61(65)62-59(58-69-70(66,67)68-57-56-63(3,4)5)60(64)54-52-50-48-46-44-42-40-21-19-17-15-13-11-9-7-2/h18,20,23-24,52,54,59-60,64H,6-17,19,21-22,25-51,53,55-58H2,1-5H3,(H-,62,65,66,67)/p+1/b20-18-,24-23-,54-52+. The summed E-state index contributed by atoms with van der Waals surface area (Å²) in [4.78, 5) is 23.3. The number of phosphoric acid groups is 1. The van der Waals surface area contributed by atoms with E-state index in [0.29, 0.717) is 17.4 Å². The van der Waals surface area contributed by atoms with Crippen molar-refractivity contribution in [3.05, 3.63) is 36.5 Å². The predicted octanol–water partition coefficient (Wildman–Crippen LogP) is 18.5. The van der Waals surface area contributed by atoms with Gasteiger partial charge in [0, 0.05) is 6.42 Å². The van der Waals surface area contributed by atoms with Gasteiger partial charge in [-0.15, -0.1) is 0 Å². The molecule has 0 aliphatic heterocycles. The zero-order valence-electron chi connectivity index (χ0n) is 47.3. The Kier molecular flexibility index (Phi) is 51.6. The molecule has 0 radical (unpaired) electrons. The Hall–Kier alpha value is -1.28. The van der Waals surface area contributed by atoms with Crippen molar-refractivity contribution in [3.63, 3.8) is 0 Å². The number of nitrogens with zero attached hydrogens (tertiary/aromatic N) is 1. The zero-order chi connectivity index (χ0) is 51.3. The van der Waals surface area contributed by atoms with Crippen molar-refractivity contribution >= 4 is 13.7 Å². The van der Waals surface area contributed by atoms with Gasteiger partial charge in [0.25, 0.3) is 0 Å². The molecule has 0 aromatic rings. The maximum atomic E-state index is 13.0. The number of amides is 1. The lowest BCUT2D eigenvalue weighted by Crippen LogP contribution is -2.45. The topological polar surface area (TPSA) is 105 Å². The van der Waals surface area contributed by atoms with Crippen molar-refractivity contribution in [2.45, 2.75) is 309 Å². The van der Waals surface area contributed by atoms with Gasteiger partial charge in [-0.25, -0.2) is 4.57 Å². The third kappa shape index (κ3) is 54.5. The SMILES string of the molecule is CCCCCCC/C=C\C/C=C\CCCCCCCCCCCCCCCCCCCCCCCC(=O)NC(COP(=O)(O)OCC[N+](C)(C)C)C(O)/C=C/CCCCCCCCCCCCCCC. The van der Waals surface area contributed by atoms with Gasteiger partial charge in [-0.2, -0.15) is 0 Å². The minimum absolute atomic E-state index is 0.0634. The van der Waals surface area contributed by atoms with Crippen molar-refractivity contribution in [2.24, 2.45) is 0 Å². The Morgan fingerprint density at radius 3 is 1.17 bits per heavy atom. The molecule has 0 spiro atoms. The van der Waals surface area contributed by atoms with Crippen LogP contribution in [0.25, 0.3) is 0 Å². The Labute approximate surface area is 436 Å². The normalized spacial score (nSPS) is 14.1. The van der Waals surface area contributed by atoms with Gasteiger partial charge in [-0.05, 0) is 51.4 Å². The second-order valence-electron chi connectivity index (χ2n) is 22.1. The van der Waals surface area contributed by atoms with Crippen molar-refractivity contribution in [3.8, 4) is 0 Å². The van der Waals surface area contributed by atoms with Crippen LogP contribution in [0.3, 0.4) is 0 Å². The molecule has 3 unspecified atom stereocenters. The van der Waals surface area contributed by atoms with Crippen LogP contribution in [0, 0.1) is 0 Å². The summed E-state index contributed by atoms with van der Waals surface area (Å²) in [6.07, 6.45) is 68.3. The second kappa shape index (κ2) is 52.6. The van der Waals surface area contributed by atoms with Crippen LogP contribution in [0.15, 0.2) is 36.5 Å². The summed E-state index contributed by atoms with van der Waals surface area (Å²) in [5, 5.41) is 13.9. The highest BCUT2D eigenvalue weighted by molar-refractivity contribution is 7.47. The molecule has 8 nitrogen and oxygen atoms in total. The molecule has 0 aliphatic carbocycles. The summed E-state index contributed by atoms with van der Waals surface area (Å²) in [5.74, 6) is -0.172. The summed E-state index contributed by atoms with van der Waals surface area (Å²) >= 11 is 0. The molecule has 1 amide bonds. The monoisotopic (exact) mass is 1010 g/mol. The van der Waals surface area contributed by atoms with E-state index in [-0.39, 0.29) is 19.1 Å². The fourth-order valence-corrected chi connectivity index (χ4v) is 9.81. The van der Waals surface area contributed by atoms with Crippen molar-refractivity contribution in [2.75, 3.05) is 40.9 Å². The van der Waals surface area contributed by atoms with Crippen LogP contribution in [0.5, 0.6) is 0 Å². The highest BCUT2D eigenvalue weighted by Gasteiger charge is 2.27. The Morgan fingerprint density at radius 1 is 0.486 bits per heavy atom. The number of allylic oxidation sites excluding steroid dienone is 5. The first-order chi connectivity index (χ1) is 34.0. The van der Waals surface area contributed by atoms with Crippen LogP contribution in [-0.4, -0.2) is 73.4 Å². The minimum atomic E-state index is -4.34. The average molecular weight is 1010 g/mol. The van der Waals surface area contributed by atoms with Gasteiger partial charge in [-0.1, -0.05) is 275 Å². The van der Waals surface area contributed by atoms with Crippen LogP contribution in [0.1, 0.15) is 296 Å². The summed E-state index contributed by atoms with van der Waals surface area (Å²) in [7, 11) is 1.58. The zero-order valence-corrected chi connectivity index (χ0v) is 48.2. The van der Waals surface area contributed by atoms with Crippen LogP contribution < -0.4 is 5.32 Å². The number of hydrogen-bond acceptors (Lipinski definition) is 5. The molecule has 0 aromatic carbocycles. The van der Waals surface area contributed by atoms with E-state index >= 15 is 0 Å². The molecule has 0 saturated carbocycles. The maximum absolute atomic E-state index is 13.0. The highest BCUT2D eigenvalue weighted by Crippen LogP contribution is 2.43. The third-order valence-electron chi connectivity index (χ3n) is 13.9. The van der Waals surface area contributed by atoms with E-state index in [0.717, 1.165) is 44.9 Å². The molecular formula is C61H120N2O6P+. The molecule has 0 bridgehead atoms. The quantitative estimate of drug-likeness (QED) is 0.0243. The molecule has 0 aliphatic rings. The second-order valence-corrected chi connectivity index (χ2v) is 23.5. The van der Waals surface area contributed by atoms with E-state index in [1.807, 2.05) is 27.2 Å². The molecule has 0 heterocycles. The summed E-state index contributed by atoms with van der Waals surface area (Å²) in [6.45, 7) is 4.84. The van der Waals surface area contributed by atoms with Gasteiger partial charge >= 0.3 is 7.82 Å². The van der Waals surface area contributed by atoms with Gasteiger partial charge < -0.3 is 19.8 Å². The van der Waals surface area contributed by atoms with Gasteiger partial charge in [0.1, 0.15) is 13.2 Å². The summed E-state index contributed by atoms with van der Waals surface area (Å²) < 4.78 is 23.7. The van der Waals surface area contributed by atoms with Crippen molar-refractivity contribution < 1.29 is 32.9 Å². The van der Waals surface area contributed by atoms with Gasteiger partial charge in [0.15, 0.2) is 0 Å². The number of aliphatic hydroxyl groups is 1. The smallest absolute Gasteiger partial charge is 0.387 e. The average Bonchev–Trinajstić information content (AvgIpc) is 3.32.